The van der Waals surface area contributed by atoms with E-state index in [1.807, 2.05) is 66.7 Å². The molecule has 0 aliphatic carbocycles. The first-order valence-electron chi connectivity index (χ1n) is 9.83. The van der Waals surface area contributed by atoms with E-state index in [0.717, 1.165) is 10.0 Å². The Kier molecular flexibility index (Phi) is 5.12. The molecule has 156 valence electrons. The maximum atomic E-state index is 13.2. The molecule has 0 aliphatic rings. The van der Waals surface area contributed by atoms with Gasteiger partial charge in [0.2, 0.25) is 0 Å². The van der Waals surface area contributed by atoms with E-state index in [4.69, 9.17) is 10.7 Å². The van der Waals surface area contributed by atoms with E-state index in [1.165, 1.54) is 4.68 Å². The van der Waals surface area contributed by atoms with Crippen molar-refractivity contribution in [2.24, 2.45) is 5.10 Å². The standard InChI is InChI=1S/C24H17BrN6O/c25-16-8-6-7-15(13-16)14-27-31-22(26)20(24(32)28-17-9-2-1-3-10-17)21-23(31)30-19-12-5-4-11-18(19)29-21/h1-14H,26H2,(H,28,32). The maximum Gasteiger partial charge on any atom is 0.261 e. The summed E-state index contributed by atoms with van der Waals surface area (Å²) in [5.41, 5.74) is 10.3. The van der Waals surface area contributed by atoms with Crippen molar-refractivity contribution in [3.63, 3.8) is 0 Å². The fourth-order valence-corrected chi connectivity index (χ4v) is 3.83. The molecule has 0 radical (unpaired) electrons. The van der Waals surface area contributed by atoms with Crippen molar-refractivity contribution in [1.82, 2.24) is 14.6 Å². The molecule has 2 aromatic heterocycles. The van der Waals surface area contributed by atoms with E-state index in [0.29, 0.717) is 27.9 Å². The summed E-state index contributed by atoms with van der Waals surface area (Å²) in [7, 11) is 0. The second kappa shape index (κ2) is 8.24. The molecule has 0 spiro atoms. The number of anilines is 2. The summed E-state index contributed by atoms with van der Waals surface area (Å²) in [5.74, 6) is -0.213. The van der Waals surface area contributed by atoms with Gasteiger partial charge in [-0.1, -0.05) is 58.4 Å². The van der Waals surface area contributed by atoms with Crippen molar-refractivity contribution in [2.75, 3.05) is 11.1 Å². The molecular weight excluding hydrogens is 468 g/mol. The Morgan fingerprint density at radius 2 is 1.69 bits per heavy atom. The van der Waals surface area contributed by atoms with Gasteiger partial charge in [0.15, 0.2) is 5.65 Å². The predicted octanol–water partition coefficient (Wildman–Crippen LogP) is 5.06. The number of hydrogen-bond acceptors (Lipinski definition) is 5. The van der Waals surface area contributed by atoms with Gasteiger partial charge in [-0.25, -0.2) is 9.97 Å². The van der Waals surface area contributed by atoms with E-state index < -0.39 is 0 Å². The Morgan fingerprint density at radius 1 is 0.969 bits per heavy atom. The molecule has 2 heterocycles. The number of para-hydroxylation sites is 3. The Labute approximate surface area is 191 Å². The van der Waals surface area contributed by atoms with Crippen LogP contribution in [-0.2, 0) is 0 Å². The van der Waals surface area contributed by atoms with Crippen molar-refractivity contribution < 1.29 is 4.79 Å². The minimum Gasteiger partial charge on any atom is -0.383 e. The molecular formula is C24H17BrN6O. The largest absolute Gasteiger partial charge is 0.383 e. The number of amides is 1. The van der Waals surface area contributed by atoms with E-state index in [1.54, 1.807) is 18.3 Å². The first-order valence-corrected chi connectivity index (χ1v) is 10.6. The van der Waals surface area contributed by atoms with Crippen LogP contribution in [-0.4, -0.2) is 26.8 Å². The lowest BCUT2D eigenvalue weighted by Gasteiger charge is -2.05. The predicted molar refractivity (Wildman–Crippen MR) is 131 cm³/mol. The summed E-state index contributed by atoms with van der Waals surface area (Å²) in [4.78, 5) is 22.6. The highest BCUT2D eigenvalue weighted by Crippen LogP contribution is 2.28. The Bertz CT molecular complexity index is 1490. The van der Waals surface area contributed by atoms with Gasteiger partial charge in [-0.3, -0.25) is 4.79 Å². The highest BCUT2D eigenvalue weighted by molar-refractivity contribution is 9.10. The van der Waals surface area contributed by atoms with Crippen LogP contribution in [0.25, 0.3) is 22.2 Å². The molecule has 0 atom stereocenters. The summed E-state index contributed by atoms with van der Waals surface area (Å²) in [6.07, 6.45) is 1.66. The third-order valence-electron chi connectivity index (χ3n) is 4.90. The number of rotatable bonds is 4. The number of aromatic nitrogens is 3. The minimum absolute atomic E-state index is 0.162. The molecule has 0 saturated carbocycles. The quantitative estimate of drug-likeness (QED) is 0.348. The molecule has 5 rings (SSSR count). The first-order chi connectivity index (χ1) is 15.6. The number of halogens is 1. The van der Waals surface area contributed by atoms with Crippen LogP contribution in [0, 0.1) is 0 Å². The summed E-state index contributed by atoms with van der Waals surface area (Å²) in [6.45, 7) is 0. The number of nitrogens with one attached hydrogen (secondary N) is 1. The number of benzene rings is 3. The molecule has 8 heteroatoms. The monoisotopic (exact) mass is 484 g/mol. The molecule has 0 fully saturated rings. The van der Waals surface area contributed by atoms with Crippen LogP contribution in [0.5, 0.6) is 0 Å². The number of hydrogen-bond donors (Lipinski definition) is 2. The van der Waals surface area contributed by atoms with Crippen LogP contribution in [0.3, 0.4) is 0 Å². The number of nitrogens with two attached hydrogens (primary N) is 1. The Hall–Kier alpha value is -4.04. The normalized spacial score (nSPS) is 11.4. The van der Waals surface area contributed by atoms with Gasteiger partial charge in [0.1, 0.15) is 16.9 Å². The molecule has 3 N–H and O–H groups in total. The average molecular weight is 485 g/mol. The van der Waals surface area contributed by atoms with E-state index in [9.17, 15) is 4.79 Å². The summed E-state index contributed by atoms with van der Waals surface area (Å²) < 4.78 is 2.38. The second-order valence-electron chi connectivity index (χ2n) is 7.08. The molecule has 0 saturated heterocycles. The van der Waals surface area contributed by atoms with Crippen LogP contribution >= 0.6 is 15.9 Å². The van der Waals surface area contributed by atoms with Crippen LogP contribution in [0.1, 0.15) is 15.9 Å². The number of carbonyl (C=O) groups excluding carboxylic acids is 1. The van der Waals surface area contributed by atoms with Gasteiger partial charge in [-0.05, 0) is 42.0 Å². The first kappa shape index (κ1) is 19.9. The number of nitrogen functional groups attached to an aromatic ring is 1. The molecule has 7 nitrogen and oxygen atoms in total. The number of carbonyl (C=O) groups is 1. The fraction of sp³-hybridized carbons (Fsp3) is 0. The van der Waals surface area contributed by atoms with E-state index in [-0.39, 0.29) is 17.3 Å². The van der Waals surface area contributed by atoms with Crippen molar-refractivity contribution in [2.45, 2.75) is 0 Å². The highest BCUT2D eigenvalue weighted by Gasteiger charge is 2.24. The van der Waals surface area contributed by atoms with Crippen LogP contribution in [0.15, 0.2) is 88.4 Å². The third kappa shape index (κ3) is 3.72. The molecule has 3 aromatic carbocycles. The lowest BCUT2D eigenvalue weighted by Crippen LogP contribution is -2.14. The van der Waals surface area contributed by atoms with Gasteiger partial charge in [0.25, 0.3) is 5.91 Å². The molecule has 5 aromatic rings. The summed E-state index contributed by atoms with van der Waals surface area (Å²) in [6, 6.07) is 24.3. The van der Waals surface area contributed by atoms with Crippen LogP contribution < -0.4 is 11.1 Å². The Balaban J connectivity index is 1.68. The van der Waals surface area contributed by atoms with Crippen LogP contribution in [0.2, 0.25) is 0 Å². The molecule has 0 aliphatic heterocycles. The topological polar surface area (TPSA) is 98.2 Å². The SMILES string of the molecule is Nc1c(C(=O)Nc2ccccc2)c2nc3ccccc3nc2n1N=Cc1cccc(Br)c1. The highest BCUT2D eigenvalue weighted by atomic mass is 79.9. The Morgan fingerprint density at radius 3 is 2.44 bits per heavy atom. The second-order valence-corrected chi connectivity index (χ2v) is 7.99. The fourth-order valence-electron chi connectivity index (χ4n) is 3.41. The summed E-state index contributed by atoms with van der Waals surface area (Å²) in [5, 5.41) is 7.40. The van der Waals surface area contributed by atoms with Gasteiger partial charge in [0, 0.05) is 10.2 Å². The van der Waals surface area contributed by atoms with E-state index in [2.05, 4.69) is 31.3 Å². The lowest BCUT2D eigenvalue weighted by molar-refractivity contribution is 0.102. The third-order valence-corrected chi connectivity index (χ3v) is 5.40. The average Bonchev–Trinajstić information content (AvgIpc) is 3.07. The molecule has 32 heavy (non-hydrogen) atoms. The molecule has 0 bridgehead atoms. The van der Waals surface area contributed by atoms with Gasteiger partial charge < -0.3 is 11.1 Å². The molecule has 0 unspecified atom stereocenters. The maximum absolute atomic E-state index is 13.2. The zero-order chi connectivity index (χ0) is 22.1. The number of nitrogens with zero attached hydrogens (tertiary/aromatic N) is 4. The lowest BCUT2D eigenvalue weighted by atomic mass is 10.2. The van der Waals surface area contributed by atoms with Crippen molar-refractivity contribution in [3.05, 3.63) is 94.5 Å². The van der Waals surface area contributed by atoms with Crippen molar-refractivity contribution in [1.29, 1.82) is 0 Å². The van der Waals surface area contributed by atoms with Gasteiger partial charge in [-0.15, -0.1) is 0 Å². The van der Waals surface area contributed by atoms with Gasteiger partial charge >= 0.3 is 0 Å². The zero-order valence-electron chi connectivity index (χ0n) is 16.7. The zero-order valence-corrected chi connectivity index (χ0v) is 18.3. The van der Waals surface area contributed by atoms with Crippen molar-refractivity contribution >= 4 is 61.8 Å². The number of fused-ring (bicyclic) bond motifs is 2. The van der Waals surface area contributed by atoms with Gasteiger partial charge in [-0.2, -0.15) is 9.78 Å². The van der Waals surface area contributed by atoms with E-state index >= 15 is 0 Å². The smallest absolute Gasteiger partial charge is 0.261 e. The van der Waals surface area contributed by atoms with Crippen LogP contribution in [0.4, 0.5) is 11.5 Å². The van der Waals surface area contributed by atoms with Crippen molar-refractivity contribution in [3.8, 4) is 0 Å². The molecule has 1 amide bonds. The minimum atomic E-state index is -0.375. The summed E-state index contributed by atoms with van der Waals surface area (Å²) >= 11 is 3.46. The van der Waals surface area contributed by atoms with Gasteiger partial charge in [0.05, 0.1) is 17.2 Å².